The van der Waals surface area contributed by atoms with Crippen molar-refractivity contribution in [2.24, 2.45) is 0 Å². The van der Waals surface area contributed by atoms with Crippen LogP contribution >= 0.6 is 0 Å². The molecule has 5 rings (SSSR count). The maximum absolute atomic E-state index is 13.8. The van der Waals surface area contributed by atoms with Crippen molar-refractivity contribution in [3.63, 3.8) is 0 Å². The predicted octanol–water partition coefficient (Wildman–Crippen LogP) is 7.48. The Bertz CT molecular complexity index is 1400. The standard InChI is InChI=1S/C28H14F2N2/c1-32-27(16-31)28-25-14-19(17-4-2-6-21(29)12-17)8-10-23(25)24-11-9-20(15-26(24)28)18-5-3-7-22(30)13-18/h2-15H. The van der Waals surface area contributed by atoms with Gasteiger partial charge < -0.3 is 0 Å². The van der Waals surface area contributed by atoms with Gasteiger partial charge in [0.25, 0.3) is 5.70 Å². The fourth-order valence-electron chi connectivity index (χ4n) is 4.20. The molecule has 0 N–H and O–H groups in total. The minimum absolute atomic E-state index is 0.0159. The Labute approximate surface area is 184 Å². The molecule has 4 aromatic carbocycles. The summed E-state index contributed by atoms with van der Waals surface area (Å²) in [5, 5.41) is 9.66. The second kappa shape index (κ2) is 7.61. The van der Waals surface area contributed by atoms with Crippen LogP contribution in [-0.2, 0) is 0 Å². The molecule has 0 amide bonds. The van der Waals surface area contributed by atoms with Gasteiger partial charge >= 0.3 is 0 Å². The van der Waals surface area contributed by atoms with E-state index in [0.29, 0.717) is 16.7 Å². The Morgan fingerprint density at radius 1 is 0.656 bits per heavy atom. The largest absolute Gasteiger partial charge is 0.270 e. The van der Waals surface area contributed by atoms with Crippen molar-refractivity contribution in [3.05, 3.63) is 125 Å². The lowest BCUT2D eigenvalue weighted by Gasteiger charge is -2.08. The fourth-order valence-corrected chi connectivity index (χ4v) is 4.20. The summed E-state index contributed by atoms with van der Waals surface area (Å²) in [6.45, 7) is 7.54. The summed E-state index contributed by atoms with van der Waals surface area (Å²) >= 11 is 0. The van der Waals surface area contributed by atoms with Crippen molar-refractivity contribution in [3.8, 4) is 39.4 Å². The van der Waals surface area contributed by atoms with Gasteiger partial charge in [0.2, 0.25) is 0 Å². The van der Waals surface area contributed by atoms with Gasteiger partial charge in [-0.05, 0) is 80.9 Å². The molecule has 0 saturated heterocycles. The van der Waals surface area contributed by atoms with Crippen LogP contribution in [0.3, 0.4) is 0 Å². The third kappa shape index (κ3) is 3.16. The lowest BCUT2D eigenvalue weighted by atomic mass is 9.96. The Morgan fingerprint density at radius 3 is 1.53 bits per heavy atom. The Kier molecular flexibility index (Phi) is 4.62. The zero-order chi connectivity index (χ0) is 22.2. The molecule has 1 aliphatic rings. The summed E-state index contributed by atoms with van der Waals surface area (Å²) in [4.78, 5) is 3.47. The minimum Gasteiger partial charge on any atom is -0.226 e. The van der Waals surface area contributed by atoms with E-state index in [1.165, 1.54) is 24.3 Å². The second-order valence-corrected chi connectivity index (χ2v) is 7.49. The number of hydrogen-bond donors (Lipinski definition) is 0. The Morgan fingerprint density at radius 2 is 1.12 bits per heavy atom. The number of nitriles is 1. The zero-order valence-electron chi connectivity index (χ0n) is 16.7. The molecule has 0 fully saturated rings. The molecule has 0 saturated carbocycles. The number of allylic oxidation sites excluding steroid dienone is 1. The number of rotatable bonds is 2. The summed E-state index contributed by atoms with van der Waals surface area (Å²) in [5.41, 5.74) is 6.85. The van der Waals surface area contributed by atoms with Gasteiger partial charge in [0.05, 0.1) is 12.6 Å². The van der Waals surface area contributed by atoms with Crippen molar-refractivity contribution in [2.45, 2.75) is 0 Å². The normalized spacial score (nSPS) is 11.3. The number of fused-ring (bicyclic) bond motifs is 3. The average Bonchev–Trinajstić information content (AvgIpc) is 3.13. The Balaban J connectivity index is 1.74. The topological polar surface area (TPSA) is 28.1 Å². The summed E-state index contributed by atoms with van der Waals surface area (Å²) in [6, 6.07) is 26.1. The number of nitrogens with zero attached hydrogens (tertiary/aromatic N) is 2. The van der Waals surface area contributed by atoms with Crippen molar-refractivity contribution < 1.29 is 8.78 Å². The summed E-state index contributed by atoms with van der Waals surface area (Å²) in [5.74, 6) is -0.665. The highest BCUT2D eigenvalue weighted by Crippen LogP contribution is 2.48. The lowest BCUT2D eigenvalue weighted by Crippen LogP contribution is -1.89. The third-order valence-electron chi connectivity index (χ3n) is 5.64. The smallest absolute Gasteiger partial charge is 0.226 e. The van der Waals surface area contributed by atoms with Gasteiger partial charge in [-0.25, -0.2) is 18.9 Å². The molecule has 0 spiro atoms. The summed E-state index contributed by atoms with van der Waals surface area (Å²) in [7, 11) is 0. The predicted molar refractivity (Wildman–Crippen MR) is 121 cm³/mol. The maximum Gasteiger partial charge on any atom is 0.270 e. The first kappa shape index (κ1) is 19.4. The number of hydrogen-bond acceptors (Lipinski definition) is 1. The first-order valence-electron chi connectivity index (χ1n) is 9.92. The highest BCUT2D eigenvalue weighted by atomic mass is 19.1. The molecule has 0 radical (unpaired) electrons. The van der Waals surface area contributed by atoms with E-state index < -0.39 is 0 Å². The molecule has 0 aromatic heterocycles. The van der Waals surface area contributed by atoms with E-state index >= 15 is 0 Å². The fraction of sp³-hybridized carbons (Fsp3) is 0. The highest BCUT2D eigenvalue weighted by Gasteiger charge is 2.27. The van der Waals surface area contributed by atoms with Gasteiger partial charge in [-0.2, -0.15) is 0 Å². The van der Waals surface area contributed by atoms with Crippen LogP contribution in [0.5, 0.6) is 0 Å². The van der Waals surface area contributed by atoms with Crippen LogP contribution in [0.4, 0.5) is 8.78 Å². The van der Waals surface area contributed by atoms with Crippen LogP contribution in [0, 0.1) is 29.5 Å². The van der Waals surface area contributed by atoms with Gasteiger partial charge in [-0.15, -0.1) is 0 Å². The first-order valence-corrected chi connectivity index (χ1v) is 9.92. The van der Waals surface area contributed by atoms with E-state index in [-0.39, 0.29) is 17.3 Å². The number of benzene rings is 4. The number of halogens is 2. The molecular formula is C28H14F2N2. The van der Waals surface area contributed by atoms with E-state index in [1.54, 1.807) is 12.1 Å². The third-order valence-corrected chi connectivity index (χ3v) is 5.64. The van der Waals surface area contributed by atoms with Crippen molar-refractivity contribution in [2.75, 3.05) is 0 Å². The van der Waals surface area contributed by atoms with Gasteiger partial charge in [0.15, 0.2) is 0 Å². The van der Waals surface area contributed by atoms with Crippen molar-refractivity contribution in [1.29, 1.82) is 5.26 Å². The SMILES string of the molecule is [C-]#[N+]C(C#N)=C1c2cc(-c3cccc(F)c3)ccc2-c2ccc(-c3cccc(F)c3)cc21. The van der Waals surface area contributed by atoms with Crippen LogP contribution in [-0.4, -0.2) is 0 Å². The summed E-state index contributed by atoms with van der Waals surface area (Å²) < 4.78 is 27.5. The van der Waals surface area contributed by atoms with E-state index in [1.807, 2.05) is 54.6 Å². The zero-order valence-corrected chi connectivity index (χ0v) is 16.7. The van der Waals surface area contributed by atoms with Crippen LogP contribution < -0.4 is 0 Å². The van der Waals surface area contributed by atoms with E-state index in [4.69, 9.17) is 6.57 Å². The second-order valence-electron chi connectivity index (χ2n) is 7.49. The van der Waals surface area contributed by atoms with Crippen LogP contribution in [0.1, 0.15) is 11.1 Å². The van der Waals surface area contributed by atoms with Crippen LogP contribution in [0.15, 0.2) is 90.6 Å². The molecule has 32 heavy (non-hydrogen) atoms. The van der Waals surface area contributed by atoms with Gasteiger partial charge in [-0.1, -0.05) is 48.5 Å². The van der Waals surface area contributed by atoms with Crippen LogP contribution in [0.2, 0.25) is 0 Å². The molecule has 4 heteroatoms. The highest BCUT2D eigenvalue weighted by molar-refractivity contribution is 6.05. The Hall–Kier alpha value is -4.54. The van der Waals surface area contributed by atoms with E-state index in [2.05, 4.69) is 4.85 Å². The van der Waals surface area contributed by atoms with Crippen molar-refractivity contribution >= 4 is 5.57 Å². The molecule has 0 atom stereocenters. The molecular weight excluding hydrogens is 402 g/mol. The van der Waals surface area contributed by atoms with E-state index in [0.717, 1.165) is 33.4 Å². The molecule has 0 aliphatic heterocycles. The molecule has 1 aliphatic carbocycles. The molecule has 0 heterocycles. The molecule has 2 nitrogen and oxygen atoms in total. The maximum atomic E-state index is 13.8. The molecule has 150 valence electrons. The lowest BCUT2D eigenvalue weighted by molar-refractivity contribution is 0.628. The summed E-state index contributed by atoms with van der Waals surface area (Å²) in [6.07, 6.45) is 0. The van der Waals surface area contributed by atoms with Gasteiger partial charge in [0.1, 0.15) is 11.6 Å². The molecule has 0 unspecified atom stereocenters. The van der Waals surface area contributed by atoms with Gasteiger partial charge in [0, 0.05) is 5.57 Å². The van der Waals surface area contributed by atoms with Gasteiger partial charge in [-0.3, -0.25) is 0 Å². The quantitative estimate of drug-likeness (QED) is 0.217. The monoisotopic (exact) mass is 416 g/mol. The van der Waals surface area contributed by atoms with Crippen LogP contribution in [0.25, 0.3) is 43.8 Å². The van der Waals surface area contributed by atoms with Crippen molar-refractivity contribution in [1.82, 2.24) is 0 Å². The average molecular weight is 416 g/mol. The molecule has 0 bridgehead atoms. The molecule has 4 aromatic rings. The minimum atomic E-state index is -0.333. The first-order chi connectivity index (χ1) is 15.6. The van der Waals surface area contributed by atoms with E-state index in [9.17, 15) is 14.0 Å².